The van der Waals surface area contributed by atoms with Gasteiger partial charge in [0.1, 0.15) is 0 Å². The molecule has 24 heavy (non-hydrogen) atoms. The van der Waals surface area contributed by atoms with Crippen molar-refractivity contribution in [2.45, 2.75) is 26.2 Å². The lowest BCUT2D eigenvalue weighted by Gasteiger charge is -2.22. The Labute approximate surface area is 145 Å². The number of carbonyl (C=O) groups is 1. The van der Waals surface area contributed by atoms with E-state index >= 15 is 0 Å². The maximum absolute atomic E-state index is 12.7. The standard InChI is InChI=1S/C20H27N3O.H2/c1-2-3-12-22-13-7-14-23(16-15-22)20(24)21-19-11-6-9-17-8-4-5-10-18(17)19;/h4-6,8-11H,2-3,7,12-16H2,1H3,(H,21,24);1H. The normalized spacial score (nSPS) is 16.1. The van der Waals surface area contributed by atoms with E-state index in [4.69, 9.17) is 0 Å². The van der Waals surface area contributed by atoms with Crippen molar-refractivity contribution in [1.82, 2.24) is 9.80 Å². The second-order valence-electron chi connectivity index (χ2n) is 6.49. The van der Waals surface area contributed by atoms with Gasteiger partial charge in [0.2, 0.25) is 0 Å². The molecule has 0 aliphatic carbocycles. The van der Waals surface area contributed by atoms with Crippen molar-refractivity contribution in [3.8, 4) is 0 Å². The van der Waals surface area contributed by atoms with Gasteiger partial charge in [-0.25, -0.2) is 4.79 Å². The van der Waals surface area contributed by atoms with Gasteiger partial charge in [0.15, 0.2) is 0 Å². The number of anilines is 1. The summed E-state index contributed by atoms with van der Waals surface area (Å²) in [5.41, 5.74) is 0.894. The predicted octanol–water partition coefficient (Wildman–Crippen LogP) is 4.43. The number of fused-ring (bicyclic) bond motifs is 1. The van der Waals surface area contributed by atoms with E-state index in [1.807, 2.05) is 29.2 Å². The van der Waals surface area contributed by atoms with E-state index in [2.05, 4.69) is 35.3 Å². The van der Waals surface area contributed by atoms with Gasteiger partial charge in [-0.2, -0.15) is 0 Å². The molecule has 1 saturated heterocycles. The topological polar surface area (TPSA) is 35.6 Å². The largest absolute Gasteiger partial charge is 0.323 e. The maximum atomic E-state index is 12.7. The Bertz CT molecular complexity index is 686. The molecule has 2 aromatic carbocycles. The fourth-order valence-corrected chi connectivity index (χ4v) is 3.31. The molecule has 2 aromatic rings. The Hall–Kier alpha value is -2.07. The van der Waals surface area contributed by atoms with Gasteiger partial charge in [-0.05, 0) is 37.4 Å². The van der Waals surface area contributed by atoms with Crippen LogP contribution in [0.2, 0.25) is 0 Å². The molecule has 0 bridgehead atoms. The third-order valence-electron chi connectivity index (χ3n) is 4.73. The molecule has 0 atom stereocenters. The van der Waals surface area contributed by atoms with Crippen LogP contribution in [0.4, 0.5) is 10.5 Å². The van der Waals surface area contributed by atoms with E-state index in [9.17, 15) is 4.79 Å². The van der Waals surface area contributed by atoms with Crippen LogP contribution in [-0.2, 0) is 0 Å². The maximum Gasteiger partial charge on any atom is 0.321 e. The number of benzene rings is 2. The second-order valence-corrected chi connectivity index (χ2v) is 6.49. The molecule has 0 spiro atoms. The lowest BCUT2D eigenvalue weighted by atomic mass is 10.1. The molecule has 4 heteroatoms. The van der Waals surface area contributed by atoms with Crippen molar-refractivity contribution in [3.63, 3.8) is 0 Å². The van der Waals surface area contributed by atoms with Crippen molar-refractivity contribution >= 4 is 22.5 Å². The van der Waals surface area contributed by atoms with Crippen LogP contribution >= 0.6 is 0 Å². The molecule has 130 valence electrons. The summed E-state index contributed by atoms with van der Waals surface area (Å²) in [6.45, 7) is 7.08. The first-order valence-corrected chi connectivity index (χ1v) is 9.04. The van der Waals surface area contributed by atoms with Gasteiger partial charge >= 0.3 is 6.03 Å². The Morgan fingerprint density at radius 2 is 1.92 bits per heavy atom. The number of urea groups is 1. The van der Waals surface area contributed by atoms with Crippen molar-refractivity contribution in [1.29, 1.82) is 0 Å². The number of amides is 2. The number of nitrogens with one attached hydrogen (secondary N) is 1. The van der Waals surface area contributed by atoms with Gasteiger partial charge in [0.05, 0.1) is 5.69 Å². The molecule has 0 aromatic heterocycles. The lowest BCUT2D eigenvalue weighted by molar-refractivity contribution is 0.211. The quantitative estimate of drug-likeness (QED) is 0.902. The summed E-state index contributed by atoms with van der Waals surface area (Å²) in [5.74, 6) is 0. The summed E-state index contributed by atoms with van der Waals surface area (Å²) in [6.07, 6.45) is 3.51. The van der Waals surface area contributed by atoms with Crippen LogP contribution in [0.5, 0.6) is 0 Å². The van der Waals surface area contributed by atoms with E-state index in [0.29, 0.717) is 0 Å². The molecule has 3 rings (SSSR count). The Kier molecular flexibility index (Phi) is 5.70. The fraction of sp³-hybridized carbons (Fsp3) is 0.450. The minimum atomic E-state index is 0. The molecular weight excluding hydrogens is 298 g/mol. The highest BCUT2D eigenvalue weighted by molar-refractivity contribution is 6.01. The van der Waals surface area contributed by atoms with E-state index in [-0.39, 0.29) is 7.46 Å². The highest BCUT2D eigenvalue weighted by atomic mass is 16.2. The van der Waals surface area contributed by atoms with Gasteiger partial charge in [-0.3, -0.25) is 0 Å². The summed E-state index contributed by atoms with van der Waals surface area (Å²) in [5, 5.41) is 5.35. The van der Waals surface area contributed by atoms with Crippen LogP contribution in [0.25, 0.3) is 10.8 Å². The zero-order chi connectivity index (χ0) is 16.8. The highest BCUT2D eigenvalue weighted by Crippen LogP contribution is 2.23. The molecule has 0 saturated carbocycles. The van der Waals surface area contributed by atoms with Crippen molar-refractivity contribution in [2.75, 3.05) is 38.0 Å². The number of hydrogen-bond donors (Lipinski definition) is 1. The third-order valence-corrected chi connectivity index (χ3v) is 4.73. The minimum absolute atomic E-state index is 0. The smallest absolute Gasteiger partial charge is 0.321 e. The zero-order valence-electron chi connectivity index (χ0n) is 14.5. The number of unbranched alkanes of at least 4 members (excludes halogenated alkanes) is 1. The third kappa shape index (κ3) is 4.06. The monoisotopic (exact) mass is 327 g/mol. The van der Waals surface area contributed by atoms with Crippen molar-refractivity contribution in [2.24, 2.45) is 0 Å². The summed E-state index contributed by atoms with van der Waals surface area (Å²) < 4.78 is 0. The molecule has 1 N–H and O–H groups in total. The van der Waals surface area contributed by atoms with Crippen molar-refractivity contribution in [3.05, 3.63) is 42.5 Å². The van der Waals surface area contributed by atoms with Gasteiger partial charge in [0, 0.05) is 26.4 Å². The summed E-state index contributed by atoms with van der Waals surface area (Å²) >= 11 is 0. The predicted molar refractivity (Wildman–Crippen MR) is 103 cm³/mol. The molecule has 0 radical (unpaired) electrons. The van der Waals surface area contributed by atoms with E-state index in [1.165, 1.54) is 12.8 Å². The SMILES string of the molecule is CCCCN1CCCN(C(=O)Nc2cccc3ccccc23)CC1.[HH]. The van der Waals surface area contributed by atoms with E-state index in [1.54, 1.807) is 0 Å². The molecule has 1 heterocycles. The van der Waals surface area contributed by atoms with Crippen molar-refractivity contribution < 1.29 is 6.22 Å². The Morgan fingerprint density at radius 3 is 2.79 bits per heavy atom. The van der Waals surface area contributed by atoms with Crippen LogP contribution in [-0.4, -0.2) is 48.6 Å². The summed E-state index contributed by atoms with van der Waals surface area (Å²) in [7, 11) is 0. The van der Waals surface area contributed by atoms with Gasteiger partial charge in [0.25, 0.3) is 0 Å². The Balaban J connectivity index is 0.00000225. The first-order chi connectivity index (χ1) is 11.8. The van der Waals surface area contributed by atoms with Crippen LogP contribution in [0.1, 0.15) is 27.6 Å². The van der Waals surface area contributed by atoms with Gasteiger partial charge in [-0.1, -0.05) is 49.7 Å². The summed E-state index contributed by atoms with van der Waals surface area (Å²) in [6, 6.07) is 14.2. The zero-order valence-corrected chi connectivity index (χ0v) is 14.5. The van der Waals surface area contributed by atoms with Gasteiger partial charge < -0.3 is 15.1 Å². The van der Waals surface area contributed by atoms with E-state index < -0.39 is 0 Å². The van der Waals surface area contributed by atoms with Crippen LogP contribution in [0.3, 0.4) is 0 Å². The molecule has 0 unspecified atom stereocenters. The van der Waals surface area contributed by atoms with E-state index in [0.717, 1.165) is 55.6 Å². The summed E-state index contributed by atoms with van der Waals surface area (Å²) in [4.78, 5) is 17.1. The molecular formula is C20H29N3O. The molecule has 1 fully saturated rings. The van der Waals surface area contributed by atoms with Crippen LogP contribution in [0.15, 0.2) is 42.5 Å². The van der Waals surface area contributed by atoms with Crippen LogP contribution < -0.4 is 5.32 Å². The highest BCUT2D eigenvalue weighted by Gasteiger charge is 2.19. The molecule has 1 aliphatic heterocycles. The first kappa shape index (κ1) is 16.8. The first-order valence-electron chi connectivity index (χ1n) is 9.04. The number of carbonyl (C=O) groups excluding carboxylic acids is 1. The Morgan fingerprint density at radius 1 is 1.08 bits per heavy atom. The average molecular weight is 327 g/mol. The lowest BCUT2D eigenvalue weighted by Crippen LogP contribution is -2.38. The molecule has 1 aliphatic rings. The van der Waals surface area contributed by atoms with Gasteiger partial charge in [-0.15, -0.1) is 0 Å². The second kappa shape index (κ2) is 8.15. The number of hydrogen-bond acceptors (Lipinski definition) is 2. The molecule has 4 nitrogen and oxygen atoms in total. The number of nitrogens with zero attached hydrogens (tertiary/aromatic N) is 2. The fourth-order valence-electron chi connectivity index (χ4n) is 3.31. The molecule has 2 amide bonds. The number of rotatable bonds is 4. The van der Waals surface area contributed by atoms with Crippen LogP contribution in [0, 0.1) is 0 Å². The average Bonchev–Trinajstić information content (AvgIpc) is 2.86. The minimum Gasteiger partial charge on any atom is -0.323 e.